The fourth-order valence-corrected chi connectivity index (χ4v) is 2.00. The Kier molecular flexibility index (Phi) is 6.80. The standard InChI is InChI=1S/C13H24N2O4/c1-10-9-19-11(2)7-15(10)8-12(16)14-6-4-5-13(17)18-3/h10-11H,4-9H2,1-3H3,(H,14,16)/t10-,11-/m1/s1. The predicted octanol–water partition coefficient (Wildman–Crippen LogP) is 0.165. The molecule has 1 heterocycles. The number of nitrogens with zero attached hydrogens (tertiary/aromatic N) is 1. The summed E-state index contributed by atoms with van der Waals surface area (Å²) in [6.45, 7) is 6.38. The second-order valence-electron chi connectivity index (χ2n) is 4.95. The highest BCUT2D eigenvalue weighted by Crippen LogP contribution is 2.10. The Bertz CT molecular complexity index is 309. The Morgan fingerprint density at radius 2 is 2.16 bits per heavy atom. The topological polar surface area (TPSA) is 67.9 Å². The molecule has 19 heavy (non-hydrogen) atoms. The molecule has 0 aromatic heterocycles. The molecule has 0 aromatic carbocycles. The van der Waals surface area contributed by atoms with Gasteiger partial charge in [-0.05, 0) is 20.3 Å². The molecular weight excluding hydrogens is 248 g/mol. The quantitative estimate of drug-likeness (QED) is 0.551. The fourth-order valence-electron chi connectivity index (χ4n) is 2.00. The van der Waals surface area contributed by atoms with Gasteiger partial charge in [-0.2, -0.15) is 0 Å². The van der Waals surface area contributed by atoms with Crippen molar-refractivity contribution in [1.29, 1.82) is 0 Å². The predicted molar refractivity (Wildman–Crippen MR) is 70.7 cm³/mol. The lowest BCUT2D eigenvalue weighted by Crippen LogP contribution is -2.51. The summed E-state index contributed by atoms with van der Waals surface area (Å²) in [5.74, 6) is -0.254. The van der Waals surface area contributed by atoms with Crippen molar-refractivity contribution >= 4 is 11.9 Å². The average Bonchev–Trinajstić information content (AvgIpc) is 2.38. The van der Waals surface area contributed by atoms with Gasteiger partial charge in [0.2, 0.25) is 5.91 Å². The maximum atomic E-state index is 11.8. The van der Waals surface area contributed by atoms with Crippen molar-refractivity contribution in [2.45, 2.75) is 38.8 Å². The summed E-state index contributed by atoms with van der Waals surface area (Å²) in [6, 6.07) is 0.261. The first-order valence-corrected chi connectivity index (χ1v) is 6.72. The summed E-state index contributed by atoms with van der Waals surface area (Å²) >= 11 is 0. The molecule has 0 aliphatic carbocycles. The van der Waals surface area contributed by atoms with E-state index in [0.29, 0.717) is 32.5 Å². The first kappa shape index (κ1) is 15.9. The molecule has 0 saturated carbocycles. The minimum atomic E-state index is -0.245. The Labute approximate surface area is 114 Å². The van der Waals surface area contributed by atoms with Gasteiger partial charge in [0.15, 0.2) is 0 Å². The van der Waals surface area contributed by atoms with Crippen LogP contribution in [0.3, 0.4) is 0 Å². The maximum absolute atomic E-state index is 11.8. The number of carbonyl (C=O) groups is 2. The normalized spacial score (nSPS) is 23.9. The van der Waals surface area contributed by atoms with Gasteiger partial charge in [0.1, 0.15) is 0 Å². The lowest BCUT2D eigenvalue weighted by atomic mass is 10.2. The van der Waals surface area contributed by atoms with Gasteiger partial charge in [0.25, 0.3) is 0 Å². The van der Waals surface area contributed by atoms with E-state index < -0.39 is 0 Å². The van der Waals surface area contributed by atoms with Crippen LogP contribution in [0.4, 0.5) is 0 Å². The molecule has 2 atom stereocenters. The third-order valence-electron chi connectivity index (χ3n) is 3.19. The van der Waals surface area contributed by atoms with Crippen molar-refractivity contribution in [1.82, 2.24) is 10.2 Å². The van der Waals surface area contributed by atoms with Crippen LogP contribution < -0.4 is 5.32 Å². The first-order chi connectivity index (χ1) is 9.02. The van der Waals surface area contributed by atoms with Crippen LogP contribution in [0.25, 0.3) is 0 Å². The Hall–Kier alpha value is -1.14. The van der Waals surface area contributed by atoms with Gasteiger partial charge in [0.05, 0.1) is 26.4 Å². The number of carbonyl (C=O) groups excluding carboxylic acids is 2. The highest BCUT2D eigenvalue weighted by Gasteiger charge is 2.24. The molecule has 1 aliphatic heterocycles. The number of morpholine rings is 1. The Morgan fingerprint density at radius 1 is 1.42 bits per heavy atom. The van der Waals surface area contributed by atoms with Crippen molar-refractivity contribution in [2.24, 2.45) is 0 Å². The van der Waals surface area contributed by atoms with Crippen LogP contribution in [0.2, 0.25) is 0 Å². The van der Waals surface area contributed by atoms with Crippen molar-refractivity contribution in [3.63, 3.8) is 0 Å². The van der Waals surface area contributed by atoms with E-state index in [4.69, 9.17) is 4.74 Å². The molecule has 0 spiro atoms. The highest BCUT2D eigenvalue weighted by molar-refractivity contribution is 5.78. The smallest absolute Gasteiger partial charge is 0.305 e. The lowest BCUT2D eigenvalue weighted by Gasteiger charge is -2.36. The molecule has 1 N–H and O–H groups in total. The van der Waals surface area contributed by atoms with Crippen molar-refractivity contribution in [3.05, 3.63) is 0 Å². The average molecular weight is 272 g/mol. The third-order valence-corrected chi connectivity index (χ3v) is 3.19. The number of amides is 1. The molecule has 0 radical (unpaired) electrons. The second kappa shape index (κ2) is 8.12. The van der Waals surface area contributed by atoms with Crippen LogP contribution in [0.5, 0.6) is 0 Å². The van der Waals surface area contributed by atoms with E-state index in [1.165, 1.54) is 7.11 Å². The van der Waals surface area contributed by atoms with Gasteiger partial charge in [-0.1, -0.05) is 0 Å². The minimum absolute atomic E-state index is 0.00850. The summed E-state index contributed by atoms with van der Waals surface area (Å²) in [4.78, 5) is 24.8. The number of hydrogen-bond donors (Lipinski definition) is 1. The molecule has 0 aromatic rings. The Balaban J connectivity index is 2.17. The first-order valence-electron chi connectivity index (χ1n) is 6.72. The van der Waals surface area contributed by atoms with Crippen LogP contribution in [0.1, 0.15) is 26.7 Å². The number of methoxy groups -OCH3 is 1. The van der Waals surface area contributed by atoms with Crippen LogP contribution in [0, 0.1) is 0 Å². The van der Waals surface area contributed by atoms with Crippen molar-refractivity contribution in [3.8, 4) is 0 Å². The van der Waals surface area contributed by atoms with E-state index in [1.807, 2.05) is 6.92 Å². The van der Waals surface area contributed by atoms with E-state index in [2.05, 4.69) is 21.9 Å². The van der Waals surface area contributed by atoms with E-state index in [0.717, 1.165) is 6.54 Å². The zero-order chi connectivity index (χ0) is 14.3. The summed E-state index contributed by atoms with van der Waals surface area (Å²) in [5, 5.41) is 2.82. The van der Waals surface area contributed by atoms with Crippen LogP contribution in [-0.4, -0.2) is 62.3 Å². The molecule has 110 valence electrons. The number of esters is 1. The van der Waals surface area contributed by atoms with Crippen LogP contribution >= 0.6 is 0 Å². The Morgan fingerprint density at radius 3 is 2.84 bits per heavy atom. The second-order valence-corrected chi connectivity index (χ2v) is 4.95. The third kappa shape index (κ3) is 6.02. The van der Waals surface area contributed by atoms with Crippen LogP contribution in [-0.2, 0) is 19.1 Å². The summed E-state index contributed by atoms with van der Waals surface area (Å²) in [6.07, 6.45) is 1.11. The molecular formula is C13H24N2O4. The number of ether oxygens (including phenoxy) is 2. The maximum Gasteiger partial charge on any atom is 0.305 e. The number of hydrogen-bond acceptors (Lipinski definition) is 5. The van der Waals surface area contributed by atoms with Gasteiger partial charge < -0.3 is 14.8 Å². The molecule has 1 saturated heterocycles. The van der Waals surface area contributed by atoms with Crippen LogP contribution in [0.15, 0.2) is 0 Å². The largest absolute Gasteiger partial charge is 0.469 e. The van der Waals surface area contributed by atoms with E-state index in [-0.39, 0.29) is 24.0 Å². The van der Waals surface area contributed by atoms with Gasteiger partial charge >= 0.3 is 5.97 Å². The highest BCUT2D eigenvalue weighted by atomic mass is 16.5. The monoisotopic (exact) mass is 272 g/mol. The fraction of sp³-hybridized carbons (Fsp3) is 0.846. The van der Waals surface area contributed by atoms with Gasteiger partial charge in [0, 0.05) is 25.6 Å². The van der Waals surface area contributed by atoms with E-state index >= 15 is 0 Å². The van der Waals surface area contributed by atoms with Gasteiger partial charge in [-0.25, -0.2) is 0 Å². The number of rotatable bonds is 6. The van der Waals surface area contributed by atoms with E-state index in [9.17, 15) is 9.59 Å². The molecule has 1 aliphatic rings. The van der Waals surface area contributed by atoms with E-state index in [1.54, 1.807) is 0 Å². The zero-order valence-corrected chi connectivity index (χ0v) is 12.0. The van der Waals surface area contributed by atoms with Gasteiger partial charge in [-0.15, -0.1) is 0 Å². The molecule has 0 bridgehead atoms. The van der Waals surface area contributed by atoms with Gasteiger partial charge in [-0.3, -0.25) is 14.5 Å². The zero-order valence-electron chi connectivity index (χ0n) is 12.0. The summed E-state index contributed by atoms with van der Waals surface area (Å²) in [5.41, 5.74) is 0. The molecule has 1 amide bonds. The molecule has 1 fully saturated rings. The SMILES string of the molecule is COC(=O)CCCNC(=O)CN1C[C@@H](C)OC[C@H]1C. The lowest BCUT2D eigenvalue weighted by molar-refractivity contribution is -0.140. The van der Waals surface area contributed by atoms with Crippen molar-refractivity contribution in [2.75, 3.05) is 33.4 Å². The molecule has 6 heteroatoms. The number of nitrogens with one attached hydrogen (secondary N) is 1. The minimum Gasteiger partial charge on any atom is -0.469 e. The molecule has 6 nitrogen and oxygen atoms in total. The van der Waals surface area contributed by atoms with Crippen molar-refractivity contribution < 1.29 is 19.1 Å². The molecule has 1 rings (SSSR count). The summed E-state index contributed by atoms with van der Waals surface area (Å²) in [7, 11) is 1.36. The molecule has 0 unspecified atom stereocenters. The summed E-state index contributed by atoms with van der Waals surface area (Å²) < 4.78 is 10.0.